The quantitative estimate of drug-likeness (QED) is 0.786. The van der Waals surface area contributed by atoms with Crippen molar-refractivity contribution in [2.24, 2.45) is 0 Å². The molecule has 2 aliphatic carbocycles. The Balaban J connectivity index is 1.94. The SMILES string of the molecule is CS(=O)(=O)C1=C=C2CC=C1C21C=C(C(=O)O)NN1c1ccccc1Cl. The number of hydrazine groups is 1. The first-order valence-electron chi connectivity index (χ1n) is 7.44. The van der Waals surface area contributed by atoms with E-state index in [1.807, 2.05) is 0 Å². The van der Waals surface area contributed by atoms with Crippen molar-refractivity contribution in [3.05, 3.63) is 68.9 Å². The Morgan fingerprint density at radius 3 is 2.72 bits per heavy atom. The first-order valence-corrected chi connectivity index (χ1v) is 9.71. The first-order chi connectivity index (χ1) is 11.7. The van der Waals surface area contributed by atoms with Crippen LogP contribution in [0.25, 0.3) is 0 Å². The Labute approximate surface area is 149 Å². The highest BCUT2D eigenvalue weighted by Gasteiger charge is 2.55. The lowest BCUT2D eigenvalue weighted by molar-refractivity contribution is -0.133. The Morgan fingerprint density at radius 1 is 1.40 bits per heavy atom. The number of hydrogen-bond acceptors (Lipinski definition) is 5. The van der Waals surface area contributed by atoms with Crippen molar-refractivity contribution in [3.8, 4) is 0 Å². The highest BCUT2D eigenvalue weighted by molar-refractivity contribution is 7.94. The zero-order valence-corrected chi connectivity index (χ0v) is 14.6. The Bertz CT molecular complexity index is 1060. The van der Waals surface area contributed by atoms with E-state index in [2.05, 4.69) is 11.2 Å². The molecule has 128 valence electrons. The third-order valence-corrected chi connectivity index (χ3v) is 5.91. The van der Waals surface area contributed by atoms with Crippen LogP contribution < -0.4 is 10.4 Å². The molecule has 0 fully saturated rings. The first kappa shape index (κ1) is 16.0. The molecule has 0 amide bonds. The Hall–Kier alpha value is -2.47. The summed E-state index contributed by atoms with van der Waals surface area (Å²) in [6.07, 6.45) is 4.95. The molecule has 1 aromatic carbocycles. The van der Waals surface area contributed by atoms with Gasteiger partial charge < -0.3 is 5.11 Å². The number of carboxylic acid groups (broad SMARTS) is 1. The van der Waals surface area contributed by atoms with Gasteiger partial charge in [-0.3, -0.25) is 10.4 Å². The molecule has 6 nitrogen and oxygen atoms in total. The van der Waals surface area contributed by atoms with Crippen molar-refractivity contribution in [2.45, 2.75) is 12.0 Å². The second-order valence-electron chi connectivity index (χ2n) is 6.05. The summed E-state index contributed by atoms with van der Waals surface area (Å²) < 4.78 is 24.3. The van der Waals surface area contributed by atoms with E-state index >= 15 is 0 Å². The lowest BCUT2D eigenvalue weighted by Crippen LogP contribution is -2.50. The van der Waals surface area contributed by atoms with Gasteiger partial charge in [0.1, 0.15) is 16.1 Å². The number of nitrogens with zero attached hydrogens (tertiary/aromatic N) is 1. The summed E-state index contributed by atoms with van der Waals surface area (Å²) in [5, 5.41) is 11.5. The molecule has 1 aromatic rings. The molecule has 1 heterocycles. The van der Waals surface area contributed by atoms with Crippen LogP contribution in [-0.2, 0) is 14.6 Å². The molecule has 1 atom stereocenters. The number of carboxylic acids is 1. The summed E-state index contributed by atoms with van der Waals surface area (Å²) in [5.74, 6) is -1.14. The predicted octanol–water partition coefficient (Wildman–Crippen LogP) is 2.17. The molecule has 0 saturated heterocycles. The lowest BCUT2D eigenvalue weighted by Gasteiger charge is -2.37. The predicted molar refractivity (Wildman–Crippen MR) is 93.6 cm³/mol. The van der Waals surface area contributed by atoms with Crippen LogP contribution in [0.1, 0.15) is 6.42 Å². The fraction of sp³-hybridized carbons (Fsp3) is 0.176. The van der Waals surface area contributed by atoms with Crippen LogP contribution in [0, 0.1) is 0 Å². The van der Waals surface area contributed by atoms with Crippen LogP contribution in [0.2, 0.25) is 5.02 Å². The van der Waals surface area contributed by atoms with Gasteiger partial charge in [-0.2, -0.15) is 0 Å². The van der Waals surface area contributed by atoms with E-state index in [1.165, 1.54) is 6.08 Å². The van der Waals surface area contributed by atoms with E-state index in [1.54, 1.807) is 35.4 Å². The molecule has 1 spiro atoms. The van der Waals surface area contributed by atoms with Crippen molar-refractivity contribution < 1.29 is 18.3 Å². The molecule has 8 heteroatoms. The number of benzene rings is 1. The van der Waals surface area contributed by atoms with Crippen molar-refractivity contribution in [3.63, 3.8) is 0 Å². The largest absolute Gasteiger partial charge is 0.477 e. The fourth-order valence-corrected chi connectivity index (χ4v) is 4.68. The van der Waals surface area contributed by atoms with Crippen LogP contribution in [0.5, 0.6) is 0 Å². The maximum Gasteiger partial charge on any atom is 0.353 e. The van der Waals surface area contributed by atoms with Crippen LogP contribution in [0.15, 0.2) is 63.9 Å². The van der Waals surface area contributed by atoms with Crippen molar-refractivity contribution in [2.75, 3.05) is 11.3 Å². The minimum atomic E-state index is -3.50. The van der Waals surface area contributed by atoms with Gasteiger partial charge >= 0.3 is 5.97 Å². The molecule has 2 bridgehead atoms. The standard InChI is InChI=1S/C17H13ClN2O4S/c1-25(23,24)15-8-10-6-7-11(15)17(10)9-13(16(21)22)19-20(17)14-5-3-2-4-12(14)18/h2-5,7,9,19H,6H2,1H3,(H,21,22). The van der Waals surface area contributed by atoms with Gasteiger partial charge in [-0.05, 0) is 24.6 Å². The molecule has 0 aromatic heterocycles. The average molecular weight is 377 g/mol. The molecular formula is C17H13ClN2O4S. The van der Waals surface area contributed by atoms with Gasteiger partial charge in [-0.1, -0.05) is 35.5 Å². The number of sulfone groups is 1. The van der Waals surface area contributed by atoms with Gasteiger partial charge in [-0.15, -0.1) is 0 Å². The molecule has 25 heavy (non-hydrogen) atoms. The van der Waals surface area contributed by atoms with E-state index in [-0.39, 0.29) is 10.6 Å². The van der Waals surface area contributed by atoms with Gasteiger partial charge in [0.05, 0.1) is 10.7 Å². The number of para-hydroxylation sites is 1. The zero-order valence-electron chi connectivity index (χ0n) is 13.1. The molecule has 4 rings (SSSR count). The number of anilines is 1. The van der Waals surface area contributed by atoms with Crippen molar-refractivity contribution in [1.29, 1.82) is 0 Å². The second-order valence-corrected chi connectivity index (χ2v) is 8.41. The number of nitrogens with one attached hydrogen (secondary N) is 1. The monoisotopic (exact) mass is 376 g/mol. The number of allylic oxidation sites excluding steroid dienone is 1. The van der Waals surface area contributed by atoms with Crippen LogP contribution in [0.4, 0.5) is 5.69 Å². The zero-order chi connectivity index (χ0) is 18.0. The van der Waals surface area contributed by atoms with E-state index in [0.29, 0.717) is 28.3 Å². The normalized spacial score (nSPS) is 24.0. The van der Waals surface area contributed by atoms with Crippen molar-refractivity contribution in [1.82, 2.24) is 5.43 Å². The minimum absolute atomic E-state index is 0.0400. The fourth-order valence-electron chi connectivity index (χ4n) is 3.51. The van der Waals surface area contributed by atoms with Crippen molar-refractivity contribution >= 4 is 33.1 Å². The number of halogens is 1. The molecule has 2 N–H and O–H groups in total. The third kappa shape index (κ3) is 2.10. The average Bonchev–Trinajstić information content (AvgIpc) is 3.20. The summed E-state index contributed by atoms with van der Waals surface area (Å²) in [5.41, 5.74) is 6.46. The number of carbonyl (C=O) groups is 1. The molecular weight excluding hydrogens is 364 g/mol. The van der Waals surface area contributed by atoms with Crippen LogP contribution in [-0.4, -0.2) is 31.3 Å². The molecule has 3 aliphatic rings. The van der Waals surface area contributed by atoms with Gasteiger partial charge in [0.25, 0.3) is 0 Å². The maximum atomic E-state index is 12.1. The lowest BCUT2D eigenvalue weighted by atomic mass is 9.90. The second kappa shape index (κ2) is 5.02. The van der Waals surface area contributed by atoms with E-state index in [9.17, 15) is 18.3 Å². The molecule has 0 saturated carbocycles. The third-order valence-electron chi connectivity index (χ3n) is 4.52. The number of rotatable bonds is 3. The minimum Gasteiger partial charge on any atom is -0.477 e. The smallest absolute Gasteiger partial charge is 0.353 e. The van der Waals surface area contributed by atoms with Crippen LogP contribution in [0.3, 0.4) is 0 Å². The molecule has 1 unspecified atom stereocenters. The number of hydrogen-bond donors (Lipinski definition) is 2. The number of aliphatic carboxylic acids is 1. The van der Waals surface area contributed by atoms with Gasteiger partial charge in [-0.25, -0.2) is 13.2 Å². The molecule has 1 aliphatic heterocycles. The Kier molecular flexibility index (Phi) is 3.22. The highest BCUT2D eigenvalue weighted by atomic mass is 35.5. The van der Waals surface area contributed by atoms with E-state index in [4.69, 9.17) is 11.6 Å². The van der Waals surface area contributed by atoms with Crippen LogP contribution >= 0.6 is 11.6 Å². The van der Waals surface area contributed by atoms with E-state index < -0.39 is 21.3 Å². The van der Waals surface area contributed by atoms with Gasteiger partial charge in [0.2, 0.25) is 0 Å². The Morgan fingerprint density at radius 2 is 2.12 bits per heavy atom. The topological polar surface area (TPSA) is 86.7 Å². The summed E-state index contributed by atoms with van der Waals surface area (Å²) in [6, 6.07) is 6.98. The summed E-state index contributed by atoms with van der Waals surface area (Å²) >= 11 is 6.31. The summed E-state index contributed by atoms with van der Waals surface area (Å²) in [7, 11) is -3.50. The van der Waals surface area contributed by atoms with E-state index in [0.717, 1.165) is 6.26 Å². The summed E-state index contributed by atoms with van der Waals surface area (Å²) in [4.78, 5) is 11.6. The van der Waals surface area contributed by atoms with Gasteiger partial charge in [0, 0.05) is 17.4 Å². The molecule has 0 radical (unpaired) electrons. The maximum absolute atomic E-state index is 12.1. The highest BCUT2D eigenvalue weighted by Crippen LogP contribution is 2.53. The summed E-state index contributed by atoms with van der Waals surface area (Å²) in [6.45, 7) is 0. The van der Waals surface area contributed by atoms with Gasteiger partial charge in [0.15, 0.2) is 9.84 Å².